The lowest BCUT2D eigenvalue weighted by Crippen LogP contribution is -2.19. The molecular formula is C35H57N6O5P. The molecule has 0 spiro atoms. The van der Waals surface area contributed by atoms with Crippen molar-refractivity contribution in [3.05, 3.63) is 54.4 Å². The Morgan fingerprint density at radius 1 is 0.851 bits per heavy atom. The van der Waals surface area contributed by atoms with Gasteiger partial charge in [-0.2, -0.15) is 9.97 Å². The Morgan fingerprint density at radius 3 is 2.26 bits per heavy atom. The predicted molar refractivity (Wildman–Crippen MR) is 190 cm³/mol. The maximum Gasteiger partial charge on any atom is 0.356 e. The molecule has 12 heteroatoms. The van der Waals surface area contributed by atoms with Crippen LogP contribution in [0.3, 0.4) is 0 Å². The van der Waals surface area contributed by atoms with Gasteiger partial charge in [0.05, 0.1) is 38.8 Å². The highest BCUT2D eigenvalue weighted by Crippen LogP contribution is 2.49. The van der Waals surface area contributed by atoms with Gasteiger partial charge < -0.3 is 34.6 Å². The third kappa shape index (κ3) is 15.8. The summed E-state index contributed by atoms with van der Waals surface area (Å²) < 4.78 is 38.8. The smallest absolute Gasteiger partial charge is 0.356 e. The molecule has 0 fully saturated rings. The van der Waals surface area contributed by atoms with Crippen molar-refractivity contribution >= 4 is 30.5 Å². The van der Waals surface area contributed by atoms with Crippen molar-refractivity contribution in [3.63, 3.8) is 0 Å². The Morgan fingerprint density at radius 2 is 1.53 bits per heavy atom. The van der Waals surface area contributed by atoms with E-state index in [2.05, 4.69) is 34.0 Å². The van der Waals surface area contributed by atoms with Gasteiger partial charge in [0.1, 0.15) is 11.9 Å². The van der Waals surface area contributed by atoms with Gasteiger partial charge in [-0.1, -0.05) is 101 Å². The fourth-order valence-corrected chi connectivity index (χ4v) is 6.50. The number of nitrogen functional groups attached to an aromatic ring is 2. The molecule has 0 aliphatic rings. The quantitative estimate of drug-likeness (QED) is 0.0459. The SMILES string of the molecule is CCCCCCC/C=C/CCCCCCCCOCCOP(=O)(CO[C@H](C)Cn1cnc2c(N)nc(N)nc21)OCc1ccccc1. The van der Waals surface area contributed by atoms with Crippen LogP contribution in [0, 0.1) is 0 Å². The third-order valence-electron chi connectivity index (χ3n) is 7.82. The second-order valence-corrected chi connectivity index (χ2v) is 14.0. The number of rotatable bonds is 27. The predicted octanol–water partition coefficient (Wildman–Crippen LogP) is 8.44. The van der Waals surface area contributed by atoms with Crippen molar-refractivity contribution in [1.29, 1.82) is 0 Å². The van der Waals surface area contributed by atoms with E-state index in [1.54, 1.807) is 10.9 Å². The molecule has 0 radical (unpaired) electrons. The van der Waals surface area contributed by atoms with Crippen LogP contribution in [0.2, 0.25) is 0 Å². The van der Waals surface area contributed by atoms with E-state index in [0.717, 1.165) is 18.4 Å². The number of unbranched alkanes of at least 4 members (excludes halogenated alkanes) is 11. The van der Waals surface area contributed by atoms with Gasteiger partial charge in [0.15, 0.2) is 11.5 Å². The molecule has 11 nitrogen and oxygen atoms in total. The van der Waals surface area contributed by atoms with Gasteiger partial charge >= 0.3 is 7.60 Å². The molecule has 47 heavy (non-hydrogen) atoms. The minimum absolute atomic E-state index is 0.0669. The second kappa shape index (κ2) is 22.7. The molecule has 3 aromatic rings. The lowest BCUT2D eigenvalue weighted by atomic mass is 10.1. The number of imidazole rings is 1. The van der Waals surface area contributed by atoms with Crippen molar-refractivity contribution < 1.29 is 23.1 Å². The number of hydrogen-bond donors (Lipinski definition) is 2. The summed E-state index contributed by atoms with van der Waals surface area (Å²) >= 11 is 0. The van der Waals surface area contributed by atoms with Crippen LogP contribution in [0.15, 0.2) is 48.8 Å². The molecule has 1 unspecified atom stereocenters. The van der Waals surface area contributed by atoms with Gasteiger partial charge in [0.2, 0.25) is 5.95 Å². The molecule has 0 bridgehead atoms. The molecule has 3 rings (SSSR count). The number of nitrogens with two attached hydrogens (primary N) is 2. The van der Waals surface area contributed by atoms with E-state index in [1.165, 1.54) is 70.6 Å². The second-order valence-electron chi connectivity index (χ2n) is 12.0. The van der Waals surface area contributed by atoms with E-state index in [1.807, 2.05) is 37.3 Å². The number of fused-ring (bicyclic) bond motifs is 1. The average Bonchev–Trinajstić information content (AvgIpc) is 3.47. The van der Waals surface area contributed by atoms with Crippen LogP contribution < -0.4 is 11.5 Å². The molecule has 2 atom stereocenters. The van der Waals surface area contributed by atoms with Crippen molar-refractivity contribution in [2.24, 2.45) is 0 Å². The van der Waals surface area contributed by atoms with Crippen molar-refractivity contribution in [2.45, 2.75) is 117 Å². The molecule has 0 amide bonds. The molecule has 4 N–H and O–H groups in total. The zero-order valence-corrected chi connectivity index (χ0v) is 29.5. The summed E-state index contributed by atoms with van der Waals surface area (Å²) in [5.74, 6) is 0.281. The fourth-order valence-electron chi connectivity index (χ4n) is 5.14. The molecule has 0 saturated carbocycles. The van der Waals surface area contributed by atoms with Gasteiger partial charge in [-0.05, 0) is 44.6 Å². The Labute approximate surface area is 281 Å². The Hall–Kier alpha value is -2.82. The summed E-state index contributed by atoms with van der Waals surface area (Å²) in [6.07, 6.45) is 22.1. The maximum absolute atomic E-state index is 13.7. The molecule has 1 aromatic carbocycles. The third-order valence-corrected chi connectivity index (χ3v) is 9.38. The molecule has 262 valence electrons. The van der Waals surface area contributed by atoms with E-state index in [4.69, 9.17) is 30.0 Å². The highest BCUT2D eigenvalue weighted by molar-refractivity contribution is 7.53. The molecule has 0 saturated heterocycles. The average molecular weight is 673 g/mol. The Bertz CT molecular complexity index is 1340. The minimum atomic E-state index is -3.58. The lowest BCUT2D eigenvalue weighted by molar-refractivity contribution is 0.0530. The first-order valence-electron chi connectivity index (χ1n) is 17.4. The number of aromatic nitrogens is 4. The maximum atomic E-state index is 13.7. The molecule has 0 aliphatic heterocycles. The minimum Gasteiger partial charge on any atom is -0.382 e. The van der Waals surface area contributed by atoms with Gasteiger partial charge in [0, 0.05) is 6.61 Å². The largest absolute Gasteiger partial charge is 0.382 e. The summed E-state index contributed by atoms with van der Waals surface area (Å²) in [6, 6.07) is 9.56. The van der Waals surface area contributed by atoms with E-state index in [9.17, 15) is 4.57 Å². The Kier molecular flexibility index (Phi) is 18.7. The zero-order valence-electron chi connectivity index (χ0n) is 28.6. The Balaban J connectivity index is 1.30. The number of anilines is 2. The van der Waals surface area contributed by atoms with E-state index >= 15 is 0 Å². The molecule has 2 heterocycles. The van der Waals surface area contributed by atoms with Gasteiger partial charge in [0.25, 0.3) is 0 Å². The number of nitrogens with zero attached hydrogens (tertiary/aromatic N) is 4. The van der Waals surface area contributed by atoms with Crippen molar-refractivity contribution in [1.82, 2.24) is 19.5 Å². The molecule has 0 aliphatic carbocycles. The molecular weight excluding hydrogens is 615 g/mol. The molecule has 2 aromatic heterocycles. The summed E-state index contributed by atoms with van der Waals surface area (Å²) in [4.78, 5) is 12.5. The van der Waals surface area contributed by atoms with Crippen LogP contribution in [0.5, 0.6) is 0 Å². The standard InChI is InChI=1S/C35H57N6O5P/c1-3-4-5-6-7-8-9-10-11-12-13-14-15-16-20-23-43-24-25-45-47(42,46-27-31-21-18-17-19-22-31)29-44-30(2)26-41-28-38-32-33(36)39-35(37)40-34(32)41/h9-10,17-19,21-22,28,30H,3-8,11-16,20,23-27,29H2,1-2H3,(H4,36,37,39,40)/b10-9+/t30-,47?/m1/s1. The summed E-state index contributed by atoms with van der Waals surface area (Å²) in [7, 11) is -3.58. The number of hydrogen-bond acceptors (Lipinski definition) is 10. The topological polar surface area (TPSA) is 150 Å². The monoisotopic (exact) mass is 672 g/mol. The number of ether oxygens (including phenoxy) is 2. The van der Waals surface area contributed by atoms with E-state index < -0.39 is 7.60 Å². The van der Waals surface area contributed by atoms with E-state index in [-0.39, 0.29) is 37.4 Å². The van der Waals surface area contributed by atoms with Crippen LogP contribution in [0.25, 0.3) is 11.2 Å². The first-order valence-corrected chi connectivity index (χ1v) is 19.1. The number of allylic oxidation sites excluding steroid dienone is 2. The highest BCUT2D eigenvalue weighted by atomic mass is 31.2. The number of benzene rings is 1. The van der Waals surface area contributed by atoms with E-state index in [0.29, 0.717) is 30.9 Å². The normalized spacial score (nSPS) is 13.8. The van der Waals surface area contributed by atoms with Crippen LogP contribution in [-0.2, 0) is 36.2 Å². The highest BCUT2D eigenvalue weighted by Gasteiger charge is 2.27. The first-order chi connectivity index (χ1) is 22.9. The summed E-state index contributed by atoms with van der Waals surface area (Å²) in [5.41, 5.74) is 13.6. The fraction of sp³-hybridized carbons (Fsp3) is 0.629. The lowest BCUT2D eigenvalue weighted by Gasteiger charge is -2.21. The van der Waals surface area contributed by atoms with Crippen LogP contribution in [0.4, 0.5) is 11.8 Å². The first kappa shape index (κ1) is 38.6. The summed E-state index contributed by atoms with van der Waals surface area (Å²) in [5, 5.41) is 0. The van der Waals surface area contributed by atoms with Gasteiger partial charge in [-0.3, -0.25) is 4.57 Å². The van der Waals surface area contributed by atoms with Crippen LogP contribution in [0.1, 0.15) is 103 Å². The van der Waals surface area contributed by atoms with Crippen LogP contribution in [-0.4, -0.2) is 51.8 Å². The van der Waals surface area contributed by atoms with Crippen molar-refractivity contribution in [2.75, 3.05) is 37.6 Å². The van der Waals surface area contributed by atoms with Crippen molar-refractivity contribution in [3.8, 4) is 0 Å². The van der Waals surface area contributed by atoms with Gasteiger partial charge in [-0.25, -0.2) is 4.98 Å². The zero-order chi connectivity index (χ0) is 33.6. The van der Waals surface area contributed by atoms with Gasteiger partial charge in [-0.15, -0.1) is 0 Å². The van der Waals surface area contributed by atoms with Crippen LogP contribution >= 0.6 is 7.60 Å². The summed E-state index contributed by atoms with van der Waals surface area (Å²) in [6.45, 7) is 5.79.